The van der Waals surface area contributed by atoms with E-state index in [2.05, 4.69) is 9.97 Å². The number of benzene rings is 1. The fourth-order valence-electron chi connectivity index (χ4n) is 3.00. The maximum Gasteiger partial charge on any atom is 0.256 e. The summed E-state index contributed by atoms with van der Waals surface area (Å²) >= 11 is 0. The first-order valence-electron chi connectivity index (χ1n) is 8.32. The lowest BCUT2D eigenvalue weighted by Gasteiger charge is -2.33. The van der Waals surface area contributed by atoms with Crippen LogP contribution in [0.25, 0.3) is 11.0 Å². The Labute approximate surface area is 138 Å². The fraction of sp³-hybridized carbons (Fsp3) is 0.529. The molecule has 1 N–H and O–H groups in total. The third kappa shape index (κ3) is 3.27. The van der Waals surface area contributed by atoms with Gasteiger partial charge in [-0.1, -0.05) is 0 Å². The largest absolute Gasteiger partial charge is 0.378 e. The van der Waals surface area contributed by atoms with E-state index in [1.54, 1.807) is 4.90 Å². The third-order valence-corrected chi connectivity index (χ3v) is 4.50. The second kappa shape index (κ2) is 6.49. The van der Waals surface area contributed by atoms with Gasteiger partial charge >= 0.3 is 0 Å². The molecule has 7 heteroatoms. The van der Waals surface area contributed by atoms with Crippen molar-refractivity contribution in [3.8, 4) is 0 Å². The van der Waals surface area contributed by atoms with Crippen molar-refractivity contribution in [3.63, 3.8) is 0 Å². The van der Waals surface area contributed by atoms with E-state index < -0.39 is 5.82 Å². The van der Waals surface area contributed by atoms with Gasteiger partial charge in [0.2, 0.25) is 0 Å². The number of fused-ring (bicyclic) bond motifs is 1. The number of halogens is 1. The van der Waals surface area contributed by atoms with Crippen LogP contribution in [0.3, 0.4) is 0 Å². The van der Waals surface area contributed by atoms with E-state index in [0.717, 1.165) is 6.61 Å². The number of morpholine rings is 1. The van der Waals surface area contributed by atoms with Gasteiger partial charge in [-0.05, 0) is 30.9 Å². The lowest BCUT2D eigenvalue weighted by atomic mass is 10.1. The molecule has 2 aliphatic rings. The number of nitrogens with one attached hydrogen (secondary N) is 1. The van der Waals surface area contributed by atoms with Gasteiger partial charge in [0.05, 0.1) is 36.7 Å². The average molecular weight is 333 g/mol. The van der Waals surface area contributed by atoms with Gasteiger partial charge in [0, 0.05) is 19.7 Å². The zero-order chi connectivity index (χ0) is 16.5. The van der Waals surface area contributed by atoms with Crippen molar-refractivity contribution in [2.24, 2.45) is 5.92 Å². The van der Waals surface area contributed by atoms with Gasteiger partial charge in [-0.15, -0.1) is 0 Å². The maximum atomic E-state index is 13.8. The Morgan fingerprint density at radius 1 is 1.42 bits per heavy atom. The maximum absolute atomic E-state index is 13.8. The summed E-state index contributed by atoms with van der Waals surface area (Å²) < 4.78 is 25.1. The molecular weight excluding hydrogens is 313 g/mol. The van der Waals surface area contributed by atoms with Gasteiger partial charge in [0.25, 0.3) is 5.91 Å². The highest BCUT2D eigenvalue weighted by atomic mass is 19.1. The first-order valence-corrected chi connectivity index (χ1v) is 8.32. The topological polar surface area (TPSA) is 67.5 Å². The highest BCUT2D eigenvalue weighted by molar-refractivity contribution is 6.04. The van der Waals surface area contributed by atoms with Crippen LogP contribution >= 0.6 is 0 Å². The summed E-state index contributed by atoms with van der Waals surface area (Å²) in [5.41, 5.74) is 1.30. The van der Waals surface area contributed by atoms with E-state index in [0.29, 0.717) is 43.3 Å². The summed E-state index contributed by atoms with van der Waals surface area (Å²) in [6.45, 7) is 2.65. The molecule has 0 spiro atoms. The van der Waals surface area contributed by atoms with Gasteiger partial charge in [-0.25, -0.2) is 9.37 Å². The molecule has 0 radical (unpaired) electrons. The van der Waals surface area contributed by atoms with Gasteiger partial charge in [-0.3, -0.25) is 4.79 Å². The zero-order valence-corrected chi connectivity index (χ0v) is 13.3. The van der Waals surface area contributed by atoms with Crippen molar-refractivity contribution < 1.29 is 18.7 Å². The fourth-order valence-corrected chi connectivity index (χ4v) is 3.00. The second-order valence-corrected chi connectivity index (χ2v) is 6.48. The van der Waals surface area contributed by atoms with Crippen molar-refractivity contribution in [2.75, 3.05) is 32.9 Å². The smallest absolute Gasteiger partial charge is 0.256 e. The molecule has 1 aliphatic heterocycles. The molecule has 6 nitrogen and oxygen atoms in total. The van der Waals surface area contributed by atoms with Gasteiger partial charge in [0.1, 0.15) is 11.3 Å². The third-order valence-electron chi connectivity index (χ3n) is 4.50. The first-order chi connectivity index (χ1) is 11.7. The van der Waals surface area contributed by atoms with Crippen LogP contribution in [0.15, 0.2) is 18.5 Å². The molecule has 1 saturated heterocycles. The molecule has 0 bridgehead atoms. The van der Waals surface area contributed by atoms with Crippen molar-refractivity contribution >= 4 is 16.9 Å². The minimum Gasteiger partial charge on any atom is -0.378 e. The Bertz CT molecular complexity index is 744. The lowest BCUT2D eigenvalue weighted by Crippen LogP contribution is -2.47. The molecule has 24 heavy (non-hydrogen) atoms. The van der Waals surface area contributed by atoms with Crippen LogP contribution in [0, 0.1) is 11.7 Å². The Hall–Kier alpha value is -1.99. The van der Waals surface area contributed by atoms with Crippen molar-refractivity contribution in [2.45, 2.75) is 18.9 Å². The second-order valence-electron chi connectivity index (χ2n) is 6.48. The molecule has 1 amide bonds. The molecule has 4 rings (SSSR count). The molecule has 1 atom stereocenters. The molecule has 2 fully saturated rings. The summed E-state index contributed by atoms with van der Waals surface area (Å²) in [6, 6.07) is 2.59. The van der Waals surface area contributed by atoms with E-state index in [4.69, 9.17) is 9.47 Å². The van der Waals surface area contributed by atoms with Crippen LogP contribution in [-0.4, -0.2) is 59.8 Å². The van der Waals surface area contributed by atoms with Gasteiger partial charge in [0.15, 0.2) is 0 Å². The zero-order valence-electron chi connectivity index (χ0n) is 13.3. The molecule has 2 heterocycles. The van der Waals surface area contributed by atoms with Crippen LogP contribution in [0.2, 0.25) is 0 Å². The standard InChI is InChI=1S/C17H20FN3O3/c18-12-5-14(16-15(6-12)19-10-20-16)17(22)21-3-4-24-13(7-21)9-23-8-11-1-2-11/h5-6,10-11,13H,1-4,7-9H2,(H,19,20). The number of aromatic amines is 1. The number of amides is 1. The number of carbonyl (C=O) groups excluding carboxylic acids is 1. The molecule has 1 aromatic heterocycles. The summed E-state index contributed by atoms with van der Waals surface area (Å²) in [6.07, 6.45) is 3.82. The van der Waals surface area contributed by atoms with Crippen LogP contribution in [-0.2, 0) is 9.47 Å². The highest BCUT2D eigenvalue weighted by Crippen LogP contribution is 2.29. The van der Waals surface area contributed by atoms with E-state index in [1.807, 2.05) is 0 Å². The van der Waals surface area contributed by atoms with Gasteiger partial charge in [-0.2, -0.15) is 0 Å². The molecule has 1 unspecified atom stereocenters. The number of imidazole rings is 1. The Balaban J connectivity index is 1.45. The van der Waals surface area contributed by atoms with E-state index in [-0.39, 0.29) is 17.6 Å². The number of nitrogens with zero attached hydrogens (tertiary/aromatic N) is 2. The molecule has 2 aromatic rings. The Morgan fingerprint density at radius 2 is 2.29 bits per heavy atom. The van der Waals surface area contributed by atoms with E-state index >= 15 is 0 Å². The van der Waals surface area contributed by atoms with Crippen LogP contribution in [0.1, 0.15) is 23.2 Å². The molecule has 1 saturated carbocycles. The summed E-state index contributed by atoms with van der Waals surface area (Å²) in [5, 5.41) is 0. The predicted octanol–water partition coefficient (Wildman–Crippen LogP) is 1.97. The number of carbonyl (C=O) groups is 1. The summed E-state index contributed by atoms with van der Waals surface area (Å²) in [4.78, 5) is 21.5. The lowest BCUT2D eigenvalue weighted by molar-refractivity contribution is -0.0628. The first kappa shape index (κ1) is 15.5. The number of rotatable bonds is 5. The van der Waals surface area contributed by atoms with Crippen molar-refractivity contribution in [1.29, 1.82) is 0 Å². The highest BCUT2D eigenvalue weighted by Gasteiger charge is 2.28. The van der Waals surface area contributed by atoms with Gasteiger partial charge < -0.3 is 19.4 Å². The minimum absolute atomic E-state index is 0.135. The minimum atomic E-state index is -0.451. The van der Waals surface area contributed by atoms with Crippen molar-refractivity contribution in [1.82, 2.24) is 14.9 Å². The quantitative estimate of drug-likeness (QED) is 0.908. The predicted molar refractivity (Wildman–Crippen MR) is 85.2 cm³/mol. The number of ether oxygens (including phenoxy) is 2. The molecule has 1 aromatic carbocycles. The van der Waals surface area contributed by atoms with E-state index in [9.17, 15) is 9.18 Å². The number of hydrogen-bond donors (Lipinski definition) is 1. The van der Waals surface area contributed by atoms with Crippen LogP contribution in [0.4, 0.5) is 4.39 Å². The number of aromatic nitrogens is 2. The molecular formula is C17H20FN3O3. The number of H-pyrrole nitrogens is 1. The monoisotopic (exact) mass is 333 g/mol. The molecule has 128 valence electrons. The Kier molecular flexibility index (Phi) is 4.20. The molecule has 1 aliphatic carbocycles. The van der Waals surface area contributed by atoms with Crippen molar-refractivity contribution in [3.05, 3.63) is 29.8 Å². The Morgan fingerprint density at radius 3 is 3.12 bits per heavy atom. The SMILES string of the molecule is O=C(c1cc(F)cc2[nH]cnc12)N1CCOC(COCC2CC2)C1. The summed E-state index contributed by atoms with van der Waals surface area (Å²) in [7, 11) is 0. The van der Waals surface area contributed by atoms with Crippen LogP contribution < -0.4 is 0 Å². The average Bonchev–Trinajstić information content (AvgIpc) is 3.29. The van der Waals surface area contributed by atoms with Crippen LogP contribution in [0.5, 0.6) is 0 Å². The van der Waals surface area contributed by atoms with E-state index in [1.165, 1.54) is 31.3 Å². The summed E-state index contributed by atoms with van der Waals surface area (Å²) in [5.74, 6) is 0.0290. The normalized spacial score (nSPS) is 21.4. The number of hydrogen-bond acceptors (Lipinski definition) is 4.